The van der Waals surface area contributed by atoms with Crippen LogP contribution in [0, 0.1) is 0 Å². The number of nitrogens with zero attached hydrogens (tertiary/aromatic N) is 1. The molecule has 2 nitrogen and oxygen atoms in total. The summed E-state index contributed by atoms with van der Waals surface area (Å²) in [6.45, 7) is 4.26. The summed E-state index contributed by atoms with van der Waals surface area (Å²) in [5, 5.41) is 11.8. The summed E-state index contributed by atoms with van der Waals surface area (Å²) >= 11 is 0. The number of oxime groups is 1. The molecule has 0 amide bonds. The van der Waals surface area contributed by atoms with Gasteiger partial charge in [-0.05, 0) is 19.3 Å². The smallest absolute Gasteiger partial charge is 0.0568 e. The fraction of sp³-hybridized carbons (Fsp3) is 0.909. The molecule has 0 aliphatic carbocycles. The number of hydrogen-bond acceptors (Lipinski definition) is 2. The molecule has 0 rings (SSSR count). The Kier molecular flexibility index (Phi) is 9.17. The van der Waals surface area contributed by atoms with Crippen molar-refractivity contribution in [3.05, 3.63) is 0 Å². The van der Waals surface area contributed by atoms with Gasteiger partial charge in [0.2, 0.25) is 0 Å². The van der Waals surface area contributed by atoms with Gasteiger partial charge >= 0.3 is 0 Å². The van der Waals surface area contributed by atoms with Gasteiger partial charge in [-0.1, -0.05) is 51.1 Å². The molecule has 0 aliphatic heterocycles. The van der Waals surface area contributed by atoms with Gasteiger partial charge in [0.25, 0.3) is 0 Å². The van der Waals surface area contributed by atoms with E-state index in [0.717, 1.165) is 18.6 Å². The predicted molar refractivity (Wildman–Crippen MR) is 57.5 cm³/mol. The lowest BCUT2D eigenvalue weighted by Crippen LogP contribution is -1.95. The Morgan fingerprint density at radius 2 is 1.62 bits per heavy atom. The van der Waals surface area contributed by atoms with Crippen LogP contribution in [0.1, 0.15) is 65.2 Å². The summed E-state index contributed by atoms with van der Waals surface area (Å²) in [6.07, 6.45) is 9.65. The number of rotatable bonds is 8. The van der Waals surface area contributed by atoms with Gasteiger partial charge in [0.05, 0.1) is 5.71 Å². The molecule has 0 unspecified atom stereocenters. The van der Waals surface area contributed by atoms with Gasteiger partial charge in [-0.25, -0.2) is 0 Å². The maximum absolute atomic E-state index is 8.55. The third-order valence-electron chi connectivity index (χ3n) is 2.37. The maximum atomic E-state index is 8.55. The summed E-state index contributed by atoms with van der Waals surface area (Å²) in [7, 11) is 0. The molecule has 0 heterocycles. The van der Waals surface area contributed by atoms with Gasteiger partial charge in [-0.2, -0.15) is 0 Å². The first-order valence-corrected chi connectivity index (χ1v) is 5.54. The van der Waals surface area contributed by atoms with Crippen LogP contribution in [0.4, 0.5) is 0 Å². The molecule has 0 spiro atoms. The van der Waals surface area contributed by atoms with Crippen molar-refractivity contribution in [3.8, 4) is 0 Å². The molecule has 0 radical (unpaired) electrons. The van der Waals surface area contributed by atoms with E-state index in [0.29, 0.717) is 0 Å². The van der Waals surface area contributed by atoms with E-state index >= 15 is 0 Å². The van der Waals surface area contributed by atoms with Gasteiger partial charge in [0, 0.05) is 0 Å². The van der Waals surface area contributed by atoms with Crippen LogP contribution in [0.2, 0.25) is 0 Å². The SMILES string of the molecule is CCCCCCCCC(CC)=NO. The Morgan fingerprint density at radius 1 is 1.00 bits per heavy atom. The van der Waals surface area contributed by atoms with Crippen molar-refractivity contribution in [2.24, 2.45) is 5.16 Å². The van der Waals surface area contributed by atoms with Gasteiger partial charge in [-0.15, -0.1) is 0 Å². The minimum atomic E-state index is 0.880. The number of hydrogen-bond donors (Lipinski definition) is 1. The molecule has 0 aromatic rings. The first-order chi connectivity index (χ1) is 6.35. The molecule has 0 atom stereocenters. The molecule has 0 bridgehead atoms. The summed E-state index contributed by atoms with van der Waals surface area (Å²) in [6, 6.07) is 0. The minimum Gasteiger partial charge on any atom is -0.411 e. The second kappa shape index (κ2) is 9.56. The summed E-state index contributed by atoms with van der Waals surface area (Å²) in [4.78, 5) is 0. The van der Waals surface area contributed by atoms with E-state index in [1.54, 1.807) is 0 Å². The molecule has 0 aromatic carbocycles. The van der Waals surface area contributed by atoms with Crippen LogP contribution in [0.3, 0.4) is 0 Å². The van der Waals surface area contributed by atoms with Crippen molar-refractivity contribution >= 4 is 5.71 Å². The molecule has 1 N–H and O–H groups in total. The Labute approximate surface area is 82.0 Å². The van der Waals surface area contributed by atoms with E-state index in [1.807, 2.05) is 6.92 Å². The lowest BCUT2D eigenvalue weighted by Gasteiger charge is -2.01. The average molecular weight is 185 g/mol. The van der Waals surface area contributed by atoms with Crippen molar-refractivity contribution in [2.75, 3.05) is 0 Å². The Hall–Kier alpha value is -0.530. The second-order valence-corrected chi connectivity index (χ2v) is 3.54. The molecule has 0 saturated carbocycles. The van der Waals surface area contributed by atoms with Crippen LogP contribution in [-0.2, 0) is 0 Å². The predicted octanol–water partition coefficient (Wildman–Crippen LogP) is 3.98. The fourth-order valence-electron chi connectivity index (χ4n) is 1.41. The largest absolute Gasteiger partial charge is 0.411 e. The molecule has 0 aliphatic rings. The van der Waals surface area contributed by atoms with Gasteiger partial charge < -0.3 is 5.21 Å². The van der Waals surface area contributed by atoms with Crippen molar-refractivity contribution in [1.29, 1.82) is 0 Å². The van der Waals surface area contributed by atoms with Crippen LogP contribution in [0.25, 0.3) is 0 Å². The lowest BCUT2D eigenvalue weighted by atomic mass is 10.1. The van der Waals surface area contributed by atoms with Crippen molar-refractivity contribution in [1.82, 2.24) is 0 Å². The van der Waals surface area contributed by atoms with Crippen LogP contribution >= 0.6 is 0 Å². The highest BCUT2D eigenvalue weighted by atomic mass is 16.4. The van der Waals surface area contributed by atoms with Crippen LogP contribution < -0.4 is 0 Å². The van der Waals surface area contributed by atoms with E-state index in [4.69, 9.17) is 5.21 Å². The first kappa shape index (κ1) is 12.5. The van der Waals surface area contributed by atoms with Crippen molar-refractivity contribution < 1.29 is 5.21 Å². The molecule has 0 aromatic heterocycles. The van der Waals surface area contributed by atoms with Crippen molar-refractivity contribution in [3.63, 3.8) is 0 Å². The summed E-state index contributed by atoms with van der Waals surface area (Å²) in [5.41, 5.74) is 0.940. The van der Waals surface area contributed by atoms with E-state index in [2.05, 4.69) is 12.1 Å². The molecule has 13 heavy (non-hydrogen) atoms. The fourth-order valence-corrected chi connectivity index (χ4v) is 1.41. The second-order valence-electron chi connectivity index (χ2n) is 3.54. The lowest BCUT2D eigenvalue weighted by molar-refractivity contribution is 0.316. The van der Waals surface area contributed by atoms with Crippen LogP contribution in [0.5, 0.6) is 0 Å². The zero-order chi connectivity index (χ0) is 9.94. The Morgan fingerprint density at radius 3 is 2.15 bits per heavy atom. The zero-order valence-electron chi connectivity index (χ0n) is 9.05. The Balaban J connectivity index is 3.15. The molecular formula is C11H23NO. The maximum Gasteiger partial charge on any atom is 0.0568 e. The average Bonchev–Trinajstić information content (AvgIpc) is 2.17. The minimum absolute atomic E-state index is 0.880. The van der Waals surface area contributed by atoms with E-state index in [-0.39, 0.29) is 0 Å². The van der Waals surface area contributed by atoms with E-state index in [1.165, 1.54) is 38.5 Å². The van der Waals surface area contributed by atoms with Gasteiger partial charge in [0.1, 0.15) is 0 Å². The highest BCUT2D eigenvalue weighted by molar-refractivity contribution is 5.83. The van der Waals surface area contributed by atoms with E-state index < -0.39 is 0 Å². The topological polar surface area (TPSA) is 32.6 Å². The first-order valence-electron chi connectivity index (χ1n) is 5.54. The Bertz CT molecular complexity index is 132. The van der Waals surface area contributed by atoms with Gasteiger partial charge in [-0.3, -0.25) is 0 Å². The third kappa shape index (κ3) is 7.82. The highest BCUT2D eigenvalue weighted by Crippen LogP contribution is 2.08. The van der Waals surface area contributed by atoms with Crippen LogP contribution in [0.15, 0.2) is 5.16 Å². The normalized spacial score (nSPS) is 12.0. The quantitative estimate of drug-likeness (QED) is 0.264. The monoisotopic (exact) mass is 185 g/mol. The molecular weight excluding hydrogens is 162 g/mol. The summed E-state index contributed by atoms with van der Waals surface area (Å²) in [5.74, 6) is 0. The molecule has 0 fully saturated rings. The highest BCUT2D eigenvalue weighted by Gasteiger charge is 1.96. The molecule has 2 heteroatoms. The van der Waals surface area contributed by atoms with E-state index in [9.17, 15) is 0 Å². The molecule has 78 valence electrons. The number of unbranched alkanes of at least 4 members (excludes halogenated alkanes) is 5. The molecule has 0 saturated heterocycles. The summed E-state index contributed by atoms with van der Waals surface area (Å²) < 4.78 is 0. The standard InChI is InChI=1S/C11H23NO/c1-3-5-6-7-8-9-10-11(4-2)12-13/h13H,3-10H2,1-2H3. The van der Waals surface area contributed by atoms with Crippen molar-refractivity contribution in [2.45, 2.75) is 65.2 Å². The third-order valence-corrected chi connectivity index (χ3v) is 2.37. The van der Waals surface area contributed by atoms with Gasteiger partial charge in [0.15, 0.2) is 0 Å². The zero-order valence-corrected chi connectivity index (χ0v) is 9.05. The van der Waals surface area contributed by atoms with Crippen LogP contribution in [-0.4, -0.2) is 10.9 Å².